The number of ether oxygens (including phenoxy) is 2. The van der Waals surface area contributed by atoms with E-state index >= 15 is 0 Å². The van der Waals surface area contributed by atoms with E-state index in [4.69, 9.17) is 20.6 Å². The van der Waals surface area contributed by atoms with Gasteiger partial charge < -0.3 is 15.2 Å². The molecule has 0 aliphatic carbocycles. The van der Waals surface area contributed by atoms with Crippen LogP contribution in [0, 0.1) is 5.41 Å². The molecule has 2 aromatic rings. The van der Waals surface area contributed by atoms with Crippen LogP contribution in [0.3, 0.4) is 0 Å². The molecule has 0 amide bonds. The molecule has 0 saturated heterocycles. The van der Waals surface area contributed by atoms with Gasteiger partial charge in [0, 0.05) is 5.56 Å². The molecule has 4 nitrogen and oxygen atoms in total. The molecule has 19 heavy (non-hydrogen) atoms. The van der Waals surface area contributed by atoms with Crippen LogP contribution in [0.25, 0.3) is 0 Å². The third-order valence-electron chi connectivity index (χ3n) is 2.75. The highest BCUT2D eigenvalue weighted by Gasteiger charge is 2.07. The predicted molar refractivity (Wildman–Crippen MR) is 74.8 cm³/mol. The Morgan fingerprint density at radius 3 is 2.37 bits per heavy atom. The van der Waals surface area contributed by atoms with E-state index in [9.17, 15) is 0 Å². The average molecular weight is 256 g/mol. The van der Waals surface area contributed by atoms with Crippen molar-refractivity contribution in [1.82, 2.24) is 0 Å². The molecule has 2 aromatic carbocycles. The van der Waals surface area contributed by atoms with E-state index in [0.29, 0.717) is 17.9 Å². The van der Waals surface area contributed by atoms with Gasteiger partial charge in [-0.25, -0.2) is 0 Å². The van der Waals surface area contributed by atoms with E-state index in [-0.39, 0.29) is 5.84 Å². The van der Waals surface area contributed by atoms with Gasteiger partial charge in [-0.2, -0.15) is 0 Å². The summed E-state index contributed by atoms with van der Waals surface area (Å²) >= 11 is 0. The molecule has 0 fully saturated rings. The summed E-state index contributed by atoms with van der Waals surface area (Å²) in [5.74, 6) is 1.37. The maximum absolute atomic E-state index is 7.51. The summed E-state index contributed by atoms with van der Waals surface area (Å²) in [6, 6.07) is 14.9. The van der Waals surface area contributed by atoms with E-state index in [2.05, 4.69) is 0 Å². The van der Waals surface area contributed by atoms with Crippen LogP contribution in [0.2, 0.25) is 0 Å². The van der Waals surface area contributed by atoms with Crippen molar-refractivity contribution in [2.75, 3.05) is 7.11 Å². The standard InChI is InChI=1S/C15H16N2O2/c1-18-13-8-4-2-6-11(13)10-19-14-9-5-3-7-12(14)15(16)17/h2-9H,10H2,1H3,(H3,16,17). The lowest BCUT2D eigenvalue weighted by atomic mass is 10.2. The van der Waals surface area contributed by atoms with Gasteiger partial charge >= 0.3 is 0 Å². The van der Waals surface area contributed by atoms with E-state index in [1.165, 1.54) is 0 Å². The van der Waals surface area contributed by atoms with Crippen LogP contribution in [0.15, 0.2) is 48.5 Å². The Balaban J connectivity index is 2.17. The molecular weight excluding hydrogens is 240 g/mol. The average Bonchev–Trinajstić information content (AvgIpc) is 2.45. The molecule has 0 radical (unpaired) electrons. The molecule has 0 heterocycles. The molecule has 0 spiro atoms. The van der Waals surface area contributed by atoms with Crippen LogP contribution >= 0.6 is 0 Å². The molecule has 0 unspecified atom stereocenters. The number of hydrogen-bond acceptors (Lipinski definition) is 3. The monoisotopic (exact) mass is 256 g/mol. The highest BCUT2D eigenvalue weighted by molar-refractivity contribution is 5.97. The quantitative estimate of drug-likeness (QED) is 0.638. The number of para-hydroxylation sites is 2. The van der Waals surface area contributed by atoms with Gasteiger partial charge in [0.1, 0.15) is 23.9 Å². The van der Waals surface area contributed by atoms with Gasteiger partial charge in [0.25, 0.3) is 0 Å². The zero-order valence-electron chi connectivity index (χ0n) is 10.7. The number of hydrogen-bond donors (Lipinski definition) is 2. The molecule has 0 atom stereocenters. The maximum Gasteiger partial charge on any atom is 0.130 e. The Labute approximate surface area is 112 Å². The molecule has 98 valence electrons. The van der Waals surface area contributed by atoms with Gasteiger partial charge in [0.2, 0.25) is 0 Å². The molecule has 0 aromatic heterocycles. The van der Waals surface area contributed by atoms with Crippen molar-refractivity contribution < 1.29 is 9.47 Å². The molecule has 0 aliphatic rings. The second-order valence-corrected chi connectivity index (χ2v) is 4.01. The number of nitrogen functional groups attached to an aromatic ring is 1. The number of rotatable bonds is 5. The normalized spacial score (nSPS) is 9.95. The lowest BCUT2D eigenvalue weighted by molar-refractivity contribution is 0.296. The highest BCUT2D eigenvalue weighted by Crippen LogP contribution is 2.22. The summed E-state index contributed by atoms with van der Waals surface area (Å²) in [6.07, 6.45) is 0. The van der Waals surface area contributed by atoms with Crippen molar-refractivity contribution in [3.8, 4) is 11.5 Å². The first kappa shape index (κ1) is 13.0. The topological polar surface area (TPSA) is 68.3 Å². The fraction of sp³-hybridized carbons (Fsp3) is 0.133. The number of methoxy groups -OCH3 is 1. The van der Waals surface area contributed by atoms with Gasteiger partial charge in [-0.15, -0.1) is 0 Å². The summed E-state index contributed by atoms with van der Waals surface area (Å²) < 4.78 is 11.0. The maximum atomic E-state index is 7.51. The van der Waals surface area contributed by atoms with E-state index in [1.54, 1.807) is 19.2 Å². The number of amidine groups is 1. The minimum Gasteiger partial charge on any atom is -0.496 e. The van der Waals surface area contributed by atoms with Crippen molar-refractivity contribution in [2.24, 2.45) is 5.73 Å². The Kier molecular flexibility index (Phi) is 4.03. The Morgan fingerprint density at radius 2 is 1.68 bits per heavy atom. The van der Waals surface area contributed by atoms with Crippen LogP contribution < -0.4 is 15.2 Å². The highest BCUT2D eigenvalue weighted by atomic mass is 16.5. The Hall–Kier alpha value is -2.49. The van der Waals surface area contributed by atoms with Crippen LogP contribution in [0.5, 0.6) is 11.5 Å². The molecule has 0 aliphatic heterocycles. The van der Waals surface area contributed by atoms with Crippen LogP contribution in [-0.4, -0.2) is 12.9 Å². The van der Waals surface area contributed by atoms with Crippen molar-refractivity contribution in [1.29, 1.82) is 5.41 Å². The fourth-order valence-corrected chi connectivity index (χ4v) is 1.79. The third kappa shape index (κ3) is 3.04. The summed E-state index contributed by atoms with van der Waals surface area (Å²) in [5.41, 5.74) is 7.06. The van der Waals surface area contributed by atoms with Gasteiger partial charge in [-0.05, 0) is 18.2 Å². The van der Waals surface area contributed by atoms with Crippen LogP contribution in [0.1, 0.15) is 11.1 Å². The Morgan fingerprint density at radius 1 is 1.05 bits per heavy atom. The predicted octanol–water partition coefficient (Wildman–Crippen LogP) is 2.56. The molecule has 2 rings (SSSR count). The summed E-state index contributed by atoms with van der Waals surface area (Å²) in [4.78, 5) is 0. The summed E-state index contributed by atoms with van der Waals surface area (Å²) in [6.45, 7) is 0.369. The first-order valence-electron chi connectivity index (χ1n) is 5.90. The number of nitrogens with two attached hydrogens (primary N) is 1. The van der Waals surface area contributed by atoms with Crippen LogP contribution in [0.4, 0.5) is 0 Å². The minimum absolute atomic E-state index is 0.00405. The van der Waals surface area contributed by atoms with Gasteiger partial charge in [-0.3, -0.25) is 5.41 Å². The first-order valence-corrected chi connectivity index (χ1v) is 5.90. The zero-order chi connectivity index (χ0) is 13.7. The van der Waals surface area contributed by atoms with E-state index < -0.39 is 0 Å². The molecular formula is C15H16N2O2. The van der Waals surface area contributed by atoms with Gasteiger partial charge in [0.15, 0.2) is 0 Å². The lowest BCUT2D eigenvalue weighted by Gasteiger charge is -2.12. The molecule has 0 saturated carbocycles. The van der Waals surface area contributed by atoms with Gasteiger partial charge in [-0.1, -0.05) is 30.3 Å². The number of benzene rings is 2. The SMILES string of the molecule is COc1ccccc1COc1ccccc1C(=N)N. The molecule has 3 N–H and O–H groups in total. The van der Waals surface area contributed by atoms with Gasteiger partial charge in [0.05, 0.1) is 12.7 Å². The molecule has 0 bridgehead atoms. The van der Waals surface area contributed by atoms with Crippen molar-refractivity contribution >= 4 is 5.84 Å². The minimum atomic E-state index is -0.00405. The molecule has 4 heteroatoms. The van der Waals surface area contributed by atoms with Crippen molar-refractivity contribution in [3.05, 3.63) is 59.7 Å². The smallest absolute Gasteiger partial charge is 0.130 e. The largest absolute Gasteiger partial charge is 0.496 e. The first-order chi connectivity index (χ1) is 9.22. The zero-order valence-corrected chi connectivity index (χ0v) is 10.7. The second kappa shape index (κ2) is 5.91. The van der Waals surface area contributed by atoms with Crippen molar-refractivity contribution in [2.45, 2.75) is 6.61 Å². The summed E-state index contributed by atoms with van der Waals surface area (Å²) in [7, 11) is 1.63. The van der Waals surface area contributed by atoms with E-state index in [0.717, 1.165) is 11.3 Å². The van der Waals surface area contributed by atoms with E-state index in [1.807, 2.05) is 36.4 Å². The number of nitrogens with one attached hydrogen (secondary N) is 1. The van der Waals surface area contributed by atoms with Crippen LogP contribution in [-0.2, 0) is 6.61 Å². The second-order valence-electron chi connectivity index (χ2n) is 4.01. The third-order valence-corrected chi connectivity index (χ3v) is 2.75. The Bertz CT molecular complexity index is 582. The van der Waals surface area contributed by atoms with Crippen molar-refractivity contribution in [3.63, 3.8) is 0 Å². The fourth-order valence-electron chi connectivity index (χ4n) is 1.79. The summed E-state index contributed by atoms with van der Waals surface area (Å²) in [5, 5.41) is 7.51. The lowest BCUT2D eigenvalue weighted by Crippen LogP contribution is -2.13.